The van der Waals surface area contributed by atoms with E-state index in [0.29, 0.717) is 16.3 Å². The maximum Gasteiger partial charge on any atom is 0.340 e. The monoisotopic (exact) mass is 400 g/mol. The zero-order valence-electron chi connectivity index (χ0n) is 15.9. The van der Waals surface area contributed by atoms with Gasteiger partial charge in [0.15, 0.2) is 0 Å². The van der Waals surface area contributed by atoms with E-state index < -0.39 is 11.9 Å². The molecule has 2 heterocycles. The van der Waals surface area contributed by atoms with Gasteiger partial charge in [0.1, 0.15) is 0 Å². The van der Waals surface area contributed by atoms with Gasteiger partial charge in [-0.3, -0.25) is 9.69 Å². The highest BCUT2D eigenvalue weighted by atomic mass is 32.2. The SMILES string of the molecule is CCOC(=O)/C=C1\SCC(=O)N1Cc1nc2ccccc2c(C)c1C(=O)OC. The largest absolute Gasteiger partial charge is 0.465 e. The number of carbonyl (C=O) groups is 3. The van der Waals surface area contributed by atoms with Crippen LogP contribution in [0.4, 0.5) is 0 Å². The standard InChI is InChI=1S/C20H20N2O5S/c1-4-27-18(24)9-17-22(16(23)11-28-17)10-15-19(20(25)26-3)12(2)13-7-5-6-8-14(13)21-15/h5-9H,4,10-11H2,1-3H3/b17-9-. The van der Waals surface area contributed by atoms with E-state index in [1.807, 2.05) is 31.2 Å². The van der Waals surface area contributed by atoms with Gasteiger partial charge < -0.3 is 9.47 Å². The molecule has 0 aliphatic carbocycles. The lowest BCUT2D eigenvalue weighted by molar-refractivity contribution is -0.137. The van der Waals surface area contributed by atoms with E-state index in [2.05, 4.69) is 4.98 Å². The molecule has 1 saturated heterocycles. The summed E-state index contributed by atoms with van der Waals surface area (Å²) in [6.45, 7) is 3.85. The number of methoxy groups -OCH3 is 1. The number of aromatic nitrogens is 1. The van der Waals surface area contributed by atoms with Gasteiger partial charge >= 0.3 is 11.9 Å². The maximum absolute atomic E-state index is 12.4. The Bertz CT molecular complexity index is 986. The van der Waals surface area contributed by atoms with Crippen LogP contribution in [0, 0.1) is 6.92 Å². The van der Waals surface area contributed by atoms with Crippen molar-refractivity contribution >= 4 is 40.5 Å². The minimum atomic E-state index is -0.513. The zero-order chi connectivity index (χ0) is 20.3. The number of pyridine rings is 1. The number of carbonyl (C=O) groups excluding carboxylic acids is 3. The summed E-state index contributed by atoms with van der Waals surface area (Å²) in [6, 6.07) is 7.47. The Labute approximate surface area is 166 Å². The topological polar surface area (TPSA) is 85.8 Å². The van der Waals surface area contributed by atoms with Crippen molar-refractivity contribution in [1.82, 2.24) is 9.88 Å². The van der Waals surface area contributed by atoms with Crippen LogP contribution in [-0.2, 0) is 25.6 Å². The third-order valence-corrected chi connectivity index (χ3v) is 5.39. The number of ether oxygens (including phenoxy) is 2. The fourth-order valence-electron chi connectivity index (χ4n) is 3.06. The van der Waals surface area contributed by atoms with E-state index in [0.717, 1.165) is 16.5 Å². The van der Waals surface area contributed by atoms with Crippen molar-refractivity contribution in [3.63, 3.8) is 0 Å². The Hall–Kier alpha value is -2.87. The first-order valence-corrected chi connectivity index (χ1v) is 9.73. The number of rotatable bonds is 5. The van der Waals surface area contributed by atoms with Gasteiger partial charge in [0, 0.05) is 5.39 Å². The first kappa shape index (κ1) is 19.9. The molecule has 0 saturated carbocycles. The van der Waals surface area contributed by atoms with Crippen molar-refractivity contribution < 1.29 is 23.9 Å². The van der Waals surface area contributed by atoms with Gasteiger partial charge in [-0.15, -0.1) is 0 Å². The highest BCUT2D eigenvalue weighted by molar-refractivity contribution is 8.04. The summed E-state index contributed by atoms with van der Waals surface area (Å²) in [5.74, 6) is -0.976. The molecule has 1 aliphatic heterocycles. The van der Waals surface area contributed by atoms with Crippen LogP contribution in [0.3, 0.4) is 0 Å². The van der Waals surface area contributed by atoms with Crippen molar-refractivity contribution in [3.05, 3.63) is 52.2 Å². The molecule has 8 heteroatoms. The zero-order valence-corrected chi connectivity index (χ0v) is 16.7. The molecule has 1 aromatic carbocycles. The second-order valence-electron chi connectivity index (χ2n) is 6.07. The average Bonchev–Trinajstić information content (AvgIpc) is 3.01. The van der Waals surface area contributed by atoms with Crippen molar-refractivity contribution in [2.75, 3.05) is 19.5 Å². The summed E-state index contributed by atoms with van der Waals surface area (Å²) in [5, 5.41) is 1.32. The fraction of sp³-hybridized carbons (Fsp3) is 0.300. The lowest BCUT2D eigenvalue weighted by Gasteiger charge is -2.20. The lowest BCUT2D eigenvalue weighted by atomic mass is 10.0. The second-order valence-corrected chi connectivity index (χ2v) is 7.07. The fourth-order valence-corrected chi connectivity index (χ4v) is 3.99. The van der Waals surface area contributed by atoms with Gasteiger partial charge in [0.05, 0.1) is 53.9 Å². The smallest absolute Gasteiger partial charge is 0.340 e. The van der Waals surface area contributed by atoms with Crippen LogP contribution in [0.15, 0.2) is 35.4 Å². The van der Waals surface area contributed by atoms with Crippen LogP contribution in [0.2, 0.25) is 0 Å². The molecule has 1 fully saturated rings. The maximum atomic E-state index is 12.4. The molecule has 2 aromatic rings. The molecule has 7 nitrogen and oxygen atoms in total. The van der Waals surface area contributed by atoms with Gasteiger partial charge in [-0.2, -0.15) is 0 Å². The Morgan fingerprint density at radius 3 is 2.79 bits per heavy atom. The summed E-state index contributed by atoms with van der Waals surface area (Å²) < 4.78 is 9.88. The lowest BCUT2D eigenvalue weighted by Crippen LogP contribution is -2.27. The highest BCUT2D eigenvalue weighted by Gasteiger charge is 2.30. The molecular weight excluding hydrogens is 380 g/mol. The molecule has 0 radical (unpaired) electrons. The summed E-state index contributed by atoms with van der Waals surface area (Å²) in [5.41, 5.74) is 2.22. The van der Waals surface area contributed by atoms with Gasteiger partial charge in [-0.05, 0) is 25.5 Å². The number of para-hydroxylation sites is 1. The molecule has 28 heavy (non-hydrogen) atoms. The van der Waals surface area contributed by atoms with Crippen molar-refractivity contribution in [2.45, 2.75) is 20.4 Å². The summed E-state index contributed by atoms with van der Waals surface area (Å²) in [4.78, 5) is 42.7. The van der Waals surface area contributed by atoms with Gasteiger partial charge in [0.2, 0.25) is 5.91 Å². The molecule has 1 aliphatic rings. The Morgan fingerprint density at radius 1 is 1.32 bits per heavy atom. The van der Waals surface area contributed by atoms with Crippen LogP contribution in [-0.4, -0.2) is 47.2 Å². The predicted molar refractivity (Wildman–Crippen MR) is 106 cm³/mol. The Balaban J connectivity index is 2.06. The molecule has 0 bridgehead atoms. The summed E-state index contributed by atoms with van der Waals surface area (Å²) in [7, 11) is 1.31. The summed E-state index contributed by atoms with van der Waals surface area (Å²) >= 11 is 1.25. The van der Waals surface area contributed by atoms with E-state index in [1.165, 1.54) is 29.8 Å². The van der Waals surface area contributed by atoms with Crippen LogP contribution in [0.25, 0.3) is 10.9 Å². The predicted octanol–water partition coefficient (Wildman–Crippen LogP) is 2.81. The van der Waals surface area contributed by atoms with E-state index in [1.54, 1.807) is 6.92 Å². The third-order valence-electron chi connectivity index (χ3n) is 4.36. The van der Waals surface area contributed by atoms with Gasteiger partial charge in [0.25, 0.3) is 0 Å². The number of hydrogen-bond donors (Lipinski definition) is 0. The van der Waals surface area contributed by atoms with Crippen LogP contribution < -0.4 is 0 Å². The second kappa shape index (κ2) is 8.43. The molecule has 146 valence electrons. The molecular formula is C20H20N2O5S. The van der Waals surface area contributed by atoms with E-state index in [-0.39, 0.29) is 24.8 Å². The molecule has 0 spiro atoms. The molecule has 3 rings (SSSR count). The minimum absolute atomic E-state index is 0.0627. The van der Waals surface area contributed by atoms with Gasteiger partial charge in [-0.1, -0.05) is 30.0 Å². The third kappa shape index (κ3) is 3.87. The number of nitrogens with zero attached hydrogens (tertiary/aromatic N) is 2. The highest BCUT2D eigenvalue weighted by Crippen LogP contribution is 2.32. The van der Waals surface area contributed by atoms with E-state index in [4.69, 9.17) is 9.47 Å². The molecule has 0 atom stereocenters. The number of esters is 2. The quantitative estimate of drug-likeness (QED) is 0.563. The first-order valence-electron chi connectivity index (χ1n) is 8.74. The first-order chi connectivity index (χ1) is 13.5. The molecule has 0 unspecified atom stereocenters. The van der Waals surface area contributed by atoms with Crippen LogP contribution in [0.5, 0.6) is 0 Å². The van der Waals surface area contributed by atoms with Crippen LogP contribution in [0.1, 0.15) is 28.5 Å². The van der Waals surface area contributed by atoms with Crippen molar-refractivity contribution in [3.8, 4) is 0 Å². The minimum Gasteiger partial charge on any atom is -0.465 e. The number of benzene rings is 1. The normalized spacial score (nSPS) is 15.3. The number of aryl methyl sites for hydroxylation is 1. The van der Waals surface area contributed by atoms with Crippen molar-refractivity contribution in [1.29, 1.82) is 0 Å². The number of fused-ring (bicyclic) bond motifs is 1. The summed E-state index contributed by atoms with van der Waals surface area (Å²) in [6.07, 6.45) is 1.30. The number of thioether (sulfide) groups is 1. The number of hydrogen-bond acceptors (Lipinski definition) is 7. The van der Waals surface area contributed by atoms with E-state index in [9.17, 15) is 14.4 Å². The molecule has 1 amide bonds. The molecule has 1 aromatic heterocycles. The Morgan fingerprint density at radius 2 is 2.07 bits per heavy atom. The Kier molecular flexibility index (Phi) is 5.99. The van der Waals surface area contributed by atoms with E-state index >= 15 is 0 Å². The molecule has 0 N–H and O–H groups in total. The van der Waals surface area contributed by atoms with Gasteiger partial charge in [-0.25, -0.2) is 14.6 Å². The van der Waals surface area contributed by atoms with Crippen molar-refractivity contribution in [2.24, 2.45) is 0 Å². The number of amides is 1. The van der Waals surface area contributed by atoms with Crippen LogP contribution >= 0.6 is 11.8 Å². The average molecular weight is 400 g/mol.